The Kier molecular flexibility index (Phi) is 4.74. The molecule has 1 atom stereocenters. The first-order valence-corrected chi connectivity index (χ1v) is 11.6. The lowest BCUT2D eigenvalue weighted by atomic mass is 10.1. The third-order valence-electron chi connectivity index (χ3n) is 7.14. The van der Waals surface area contributed by atoms with Crippen LogP contribution < -0.4 is 4.90 Å². The second kappa shape index (κ2) is 7.56. The minimum Gasteiger partial charge on any atom is -0.378 e. The van der Waals surface area contributed by atoms with E-state index in [-0.39, 0.29) is 0 Å². The number of aromatic nitrogens is 2. The summed E-state index contributed by atoms with van der Waals surface area (Å²) in [5, 5.41) is 0. The van der Waals surface area contributed by atoms with Crippen molar-refractivity contribution in [1.82, 2.24) is 19.2 Å². The molecular formula is C23H33N5O. The van der Waals surface area contributed by atoms with Gasteiger partial charge in [0.05, 0.1) is 24.9 Å². The van der Waals surface area contributed by atoms with E-state index in [0.717, 1.165) is 50.3 Å². The molecule has 2 aromatic heterocycles. The van der Waals surface area contributed by atoms with Crippen molar-refractivity contribution < 1.29 is 4.74 Å². The van der Waals surface area contributed by atoms with Crippen LogP contribution in [-0.4, -0.2) is 78.2 Å². The fourth-order valence-electron chi connectivity index (χ4n) is 5.07. The number of nitrogens with zero attached hydrogens (tertiary/aromatic N) is 5. The highest BCUT2D eigenvalue weighted by Gasteiger charge is 2.36. The van der Waals surface area contributed by atoms with Gasteiger partial charge in [0.25, 0.3) is 0 Å². The number of anilines is 1. The molecule has 2 aromatic rings. The minimum atomic E-state index is 0.431. The fraction of sp³-hybridized carbons (Fsp3) is 0.696. The highest BCUT2D eigenvalue weighted by Crippen LogP contribution is 2.36. The normalized spacial score (nSPS) is 27.0. The largest absolute Gasteiger partial charge is 0.378 e. The zero-order chi connectivity index (χ0) is 19.2. The molecule has 2 aliphatic heterocycles. The van der Waals surface area contributed by atoms with Crippen molar-refractivity contribution in [3.8, 4) is 0 Å². The molecular weight excluding hydrogens is 362 g/mol. The first-order chi connectivity index (χ1) is 14.3. The Labute approximate surface area is 173 Å². The molecule has 0 amide bonds. The molecule has 2 saturated carbocycles. The van der Waals surface area contributed by atoms with Gasteiger partial charge in [-0.05, 0) is 49.7 Å². The summed E-state index contributed by atoms with van der Waals surface area (Å²) in [4.78, 5) is 13.0. The first-order valence-electron chi connectivity index (χ1n) is 11.6. The van der Waals surface area contributed by atoms with Gasteiger partial charge in [0, 0.05) is 52.0 Å². The monoisotopic (exact) mass is 395 g/mol. The number of fused-ring (bicyclic) bond motifs is 1. The molecule has 6 nitrogen and oxygen atoms in total. The predicted octanol–water partition coefficient (Wildman–Crippen LogP) is 2.65. The van der Waals surface area contributed by atoms with E-state index in [1.807, 2.05) is 0 Å². The van der Waals surface area contributed by atoms with Crippen LogP contribution in [0, 0.1) is 11.8 Å². The van der Waals surface area contributed by atoms with Crippen LogP contribution in [0.25, 0.3) is 5.65 Å². The molecule has 2 saturated heterocycles. The second-order valence-corrected chi connectivity index (χ2v) is 9.53. The van der Waals surface area contributed by atoms with Gasteiger partial charge in [-0.1, -0.05) is 6.07 Å². The van der Waals surface area contributed by atoms with Crippen LogP contribution in [0.2, 0.25) is 0 Å². The van der Waals surface area contributed by atoms with E-state index in [1.54, 1.807) is 0 Å². The maximum Gasteiger partial charge on any atom is 0.138 e. The van der Waals surface area contributed by atoms with Crippen molar-refractivity contribution in [3.63, 3.8) is 0 Å². The van der Waals surface area contributed by atoms with E-state index in [4.69, 9.17) is 9.72 Å². The standard InChI is InChI=1S/C23H33N5O/c1-2-22-24-20(16-28(22)23(3-1)26-10-12-29-13-11-26)21-17-25(14-18-4-5-18)8-9-27(21)15-19-6-7-19/h1-3,16,18-19,21H,4-15,17H2. The Balaban J connectivity index is 1.30. The zero-order valence-electron chi connectivity index (χ0n) is 17.4. The molecule has 0 bridgehead atoms. The number of hydrogen-bond acceptors (Lipinski definition) is 5. The summed E-state index contributed by atoms with van der Waals surface area (Å²) in [6.07, 6.45) is 8.03. The second-order valence-electron chi connectivity index (χ2n) is 9.53. The van der Waals surface area contributed by atoms with Crippen LogP contribution in [-0.2, 0) is 4.74 Å². The van der Waals surface area contributed by atoms with Gasteiger partial charge < -0.3 is 9.64 Å². The Bertz CT molecular complexity index is 852. The number of piperazine rings is 1. The maximum absolute atomic E-state index is 5.56. The number of pyridine rings is 1. The molecule has 6 heteroatoms. The maximum atomic E-state index is 5.56. The van der Waals surface area contributed by atoms with E-state index in [1.165, 1.54) is 63.4 Å². The number of imidazole rings is 1. The van der Waals surface area contributed by atoms with Crippen molar-refractivity contribution in [2.75, 3.05) is 63.9 Å². The highest BCUT2D eigenvalue weighted by atomic mass is 16.5. The van der Waals surface area contributed by atoms with E-state index >= 15 is 0 Å². The SMILES string of the molecule is c1cc(N2CCOCC2)n2cc(C3CN(CC4CC4)CCN3CC3CC3)nc2c1. The van der Waals surface area contributed by atoms with Crippen LogP contribution in [0.1, 0.15) is 37.4 Å². The lowest BCUT2D eigenvalue weighted by Crippen LogP contribution is -2.49. The lowest BCUT2D eigenvalue weighted by Gasteiger charge is -2.41. The summed E-state index contributed by atoms with van der Waals surface area (Å²) < 4.78 is 7.88. The zero-order valence-corrected chi connectivity index (χ0v) is 17.4. The van der Waals surface area contributed by atoms with E-state index in [2.05, 4.69) is 43.5 Å². The van der Waals surface area contributed by atoms with Crippen molar-refractivity contribution in [1.29, 1.82) is 0 Å². The van der Waals surface area contributed by atoms with Crippen LogP contribution in [0.4, 0.5) is 5.82 Å². The average molecular weight is 396 g/mol. The average Bonchev–Trinajstić information content (AvgIpc) is 3.69. The minimum absolute atomic E-state index is 0.431. The van der Waals surface area contributed by atoms with Crippen LogP contribution in [0.15, 0.2) is 24.4 Å². The van der Waals surface area contributed by atoms with Gasteiger partial charge >= 0.3 is 0 Å². The molecule has 0 radical (unpaired) electrons. The Morgan fingerprint density at radius 3 is 2.52 bits per heavy atom. The number of morpholine rings is 1. The summed E-state index contributed by atoms with van der Waals surface area (Å²) in [5.41, 5.74) is 2.33. The lowest BCUT2D eigenvalue weighted by molar-refractivity contribution is 0.0656. The van der Waals surface area contributed by atoms with Crippen molar-refractivity contribution in [2.24, 2.45) is 11.8 Å². The van der Waals surface area contributed by atoms with E-state index in [0.29, 0.717) is 6.04 Å². The quantitative estimate of drug-likeness (QED) is 0.752. The van der Waals surface area contributed by atoms with Crippen LogP contribution in [0.5, 0.6) is 0 Å². The van der Waals surface area contributed by atoms with Crippen LogP contribution in [0.3, 0.4) is 0 Å². The van der Waals surface area contributed by atoms with E-state index < -0.39 is 0 Å². The van der Waals surface area contributed by atoms with Crippen LogP contribution >= 0.6 is 0 Å². The number of hydrogen-bond donors (Lipinski definition) is 0. The number of rotatable bonds is 6. The number of ether oxygens (including phenoxy) is 1. The molecule has 0 N–H and O–H groups in total. The molecule has 29 heavy (non-hydrogen) atoms. The molecule has 4 heterocycles. The first kappa shape index (κ1) is 18.2. The van der Waals surface area contributed by atoms with Gasteiger partial charge in [0.1, 0.15) is 11.5 Å². The third-order valence-corrected chi connectivity index (χ3v) is 7.14. The summed E-state index contributed by atoms with van der Waals surface area (Å²) in [6, 6.07) is 6.97. The van der Waals surface area contributed by atoms with Crippen molar-refractivity contribution >= 4 is 11.5 Å². The van der Waals surface area contributed by atoms with Gasteiger partial charge in [-0.3, -0.25) is 14.2 Å². The van der Waals surface area contributed by atoms with Gasteiger partial charge in [0.15, 0.2) is 0 Å². The fourth-order valence-corrected chi connectivity index (χ4v) is 5.07. The molecule has 2 aliphatic carbocycles. The summed E-state index contributed by atoms with van der Waals surface area (Å²) >= 11 is 0. The van der Waals surface area contributed by atoms with E-state index in [9.17, 15) is 0 Å². The Morgan fingerprint density at radius 1 is 0.931 bits per heavy atom. The molecule has 4 aliphatic rings. The van der Waals surface area contributed by atoms with Crippen molar-refractivity contribution in [2.45, 2.75) is 31.7 Å². The van der Waals surface area contributed by atoms with Gasteiger partial charge in [-0.2, -0.15) is 0 Å². The Hall–Kier alpha value is -1.63. The summed E-state index contributed by atoms with van der Waals surface area (Å²) in [6.45, 7) is 9.65. The smallest absolute Gasteiger partial charge is 0.138 e. The molecule has 1 unspecified atom stereocenters. The van der Waals surface area contributed by atoms with Crippen molar-refractivity contribution in [3.05, 3.63) is 30.1 Å². The molecule has 0 spiro atoms. The summed E-state index contributed by atoms with van der Waals surface area (Å²) in [7, 11) is 0. The molecule has 156 valence electrons. The Morgan fingerprint density at radius 2 is 1.72 bits per heavy atom. The summed E-state index contributed by atoms with van der Waals surface area (Å²) in [5.74, 6) is 3.14. The van der Waals surface area contributed by atoms with Gasteiger partial charge in [-0.25, -0.2) is 4.98 Å². The topological polar surface area (TPSA) is 36.3 Å². The molecule has 0 aromatic carbocycles. The molecule has 4 fully saturated rings. The third kappa shape index (κ3) is 3.90. The van der Waals surface area contributed by atoms with Gasteiger partial charge in [-0.15, -0.1) is 0 Å². The highest BCUT2D eigenvalue weighted by molar-refractivity contribution is 5.53. The predicted molar refractivity (Wildman–Crippen MR) is 114 cm³/mol. The van der Waals surface area contributed by atoms with Gasteiger partial charge in [0.2, 0.25) is 0 Å². The molecule has 6 rings (SSSR count).